The first-order valence-corrected chi connectivity index (χ1v) is 9.11. The normalized spacial score (nSPS) is 19.9. The molecule has 0 radical (unpaired) electrons. The molecule has 1 aliphatic heterocycles. The molecule has 9 heteroatoms. The Morgan fingerprint density at radius 1 is 1.48 bits per heavy atom. The number of nitrogens with zero attached hydrogens (tertiary/aromatic N) is 4. The average molecular weight is 372 g/mol. The Hall–Kier alpha value is -2.97. The molecule has 3 N–H and O–H groups in total. The summed E-state index contributed by atoms with van der Waals surface area (Å²) in [7, 11) is 1.69. The fourth-order valence-electron chi connectivity index (χ4n) is 3.62. The molecule has 0 saturated heterocycles. The Labute approximate surface area is 157 Å². The predicted molar refractivity (Wildman–Crippen MR) is 102 cm³/mol. The highest BCUT2D eigenvalue weighted by atomic mass is 16.4. The van der Waals surface area contributed by atoms with Crippen LogP contribution in [-0.4, -0.2) is 51.8 Å². The number of carbonyl (C=O) groups excluding carboxylic acids is 1. The summed E-state index contributed by atoms with van der Waals surface area (Å²) in [6.07, 6.45) is 9.25. The molecular weight excluding hydrogens is 348 g/mol. The number of hydrogen-bond acceptors (Lipinski definition) is 7. The standard InChI is InChI=1S/C18H24N6O3/c1-3-14-16(25)21-13-10-20-18(23(2)9-8-12(19)17(26)27)22-15(13)24(14)11-6-4-5-7-11/h8-11,14,19H,3-7H2,1-2H3,(H,21,25)(H,26,27)/b9-8-,19-12?/t14-/m1/s1. The van der Waals surface area contributed by atoms with E-state index in [1.54, 1.807) is 18.1 Å². The van der Waals surface area contributed by atoms with Crippen molar-refractivity contribution in [1.82, 2.24) is 9.97 Å². The zero-order valence-corrected chi connectivity index (χ0v) is 15.5. The van der Waals surface area contributed by atoms with Gasteiger partial charge in [-0.2, -0.15) is 4.98 Å². The van der Waals surface area contributed by atoms with E-state index in [-0.39, 0.29) is 18.0 Å². The molecular formula is C18H24N6O3. The maximum atomic E-state index is 12.5. The highest BCUT2D eigenvalue weighted by Gasteiger charge is 2.38. The number of aliphatic carboxylic acids is 1. The molecule has 1 saturated carbocycles. The van der Waals surface area contributed by atoms with Crippen LogP contribution in [0.2, 0.25) is 0 Å². The summed E-state index contributed by atoms with van der Waals surface area (Å²) in [6, 6.07) is 0.0212. The van der Waals surface area contributed by atoms with Gasteiger partial charge in [0.2, 0.25) is 11.9 Å². The first-order chi connectivity index (χ1) is 12.9. The van der Waals surface area contributed by atoms with Crippen molar-refractivity contribution in [2.45, 2.75) is 51.1 Å². The van der Waals surface area contributed by atoms with Crippen LogP contribution in [0.25, 0.3) is 0 Å². The maximum Gasteiger partial charge on any atom is 0.353 e. The fourth-order valence-corrected chi connectivity index (χ4v) is 3.62. The Kier molecular flexibility index (Phi) is 5.38. The van der Waals surface area contributed by atoms with Gasteiger partial charge in [0.15, 0.2) is 5.82 Å². The first-order valence-electron chi connectivity index (χ1n) is 9.11. The number of carboxylic acids is 1. The minimum atomic E-state index is -1.30. The Morgan fingerprint density at radius 3 is 2.81 bits per heavy atom. The molecule has 0 aromatic carbocycles. The van der Waals surface area contributed by atoms with Crippen molar-refractivity contribution >= 4 is 35.0 Å². The Morgan fingerprint density at radius 2 is 2.19 bits per heavy atom. The molecule has 0 spiro atoms. The van der Waals surface area contributed by atoms with E-state index in [2.05, 4.69) is 20.2 Å². The Balaban J connectivity index is 1.93. The summed E-state index contributed by atoms with van der Waals surface area (Å²) in [4.78, 5) is 35.9. The highest BCUT2D eigenvalue weighted by molar-refractivity contribution is 6.39. The third kappa shape index (κ3) is 3.76. The molecule has 1 aromatic rings. The van der Waals surface area contributed by atoms with Crippen molar-refractivity contribution in [3.05, 3.63) is 18.5 Å². The summed E-state index contributed by atoms with van der Waals surface area (Å²) >= 11 is 0. The van der Waals surface area contributed by atoms with Crippen LogP contribution in [0, 0.1) is 5.41 Å². The lowest BCUT2D eigenvalue weighted by molar-refractivity contribution is -0.129. The zero-order valence-electron chi connectivity index (χ0n) is 15.5. The van der Waals surface area contributed by atoms with Crippen molar-refractivity contribution in [3.63, 3.8) is 0 Å². The molecule has 3 rings (SSSR count). The van der Waals surface area contributed by atoms with Crippen LogP contribution < -0.4 is 15.1 Å². The van der Waals surface area contributed by atoms with Crippen molar-refractivity contribution in [3.8, 4) is 0 Å². The van der Waals surface area contributed by atoms with Gasteiger partial charge in [-0.25, -0.2) is 9.78 Å². The zero-order chi connectivity index (χ0) is 19.6. The molecule has 1 fully saturated rings. The molecule has 2 aliphatic rings. The average Bonchev–Trinajstić information content (AvgIpc) is 3.18. The van der Waals surface area contributed by atoms with Gasteiger partial charge >= 0.3 is 5.97 Å². The van der Waals surface area contributed by atoms with Gasteiger partial charge in [-0.1, -0.05) is 19.8 Å². The van der Waals surface area contributed by atoms with E-state index >= 15 is 0 Å². The monoisotopic (exact) mass is 372 g/mol. The number of carboxylic acid groups (broad SMARTS) is 1. The van der Waals surface area contributed by atoms with Gasteiger partial charge in [0.1, 0.15) is 17.4 Å². The van der Waals surface area contributed by atoms with Crippen LogP contribution in [0.5, 0.6) is 0 Å². The second-order valence-corrected chi connectivity index (χ2v) is 6.81. The van der Waals surface area contributed by atoms with E-state index in [4.69, 9.17) is 10.5 Å². The molecule has 2 heterocycles. The van der Waals surface area contributed by atoms with E-state index < -0.39 is 11.7 Å². The largest absolute Gasteiger partial charge is 0.477 e. The number of carbonyl (C=O) groups is 2. The topological polar surface area (TPSA) is 123 Å². The van der Waals surface area contributed by atoms with Crippen LogP contribution in [0.1, 0.15) is 39.0 Å². The number of aromatic nitrogens is 2. The molecule has 1 atom stereocenters. The molecule has 0 bridgehead atoms. The SMILES string of the molecule is CC[C@@H]1C(=O)Nc2cnc(N(C)/C=C\C(=N)C(=O)O)nc2N1C1CCCC1. The number of anilines is 3. The maximum absolute atomic E-state index is 12.5. The van der Waals surface area contributed by atoms with E-state index in [9.17, 15) is 9.59 Å². The lowest BCUT2D eigenvalue weighted by Crippen LogP contribution is -2.52. The predicted octanol–water partition coefficient (Wildman–Crippen LogP) is 2.01. The lowest BCUT2D eigenvalue weighted by atomic mass is 10.0. The van der Waals surface area contributed by atoms with Gasteiger partial charge in [0, 0.05) is 19.3 Å². The second kappa shape index (κ2) is 7.73. The van der Waals surface area contributed by atoms with Crippen LogP contribution in [0.15, 0.2) is 18.5 Å². The summed E-state index contributed by atoms with van der Waals surface area (Å²) in [5.41, 5.74) is 0.0710. The van der Waals surface area contributed by atoms with E-state index in [0.29, 0.717) is 23.9 Å². The van der Waals surface area contributed by atoms with Gasteiger partial charge in [-0.05, 0) is 25.3 Å². The first kappa shape index (κ1) is 18.8. The quantitative estimate of drug-likeness (QED) is 0.653. The fraction of sp³-hybridized carbons (Fsp3) is 0.500. The molecule has 1 amide bonds. The summed E-state index contributed by atoms with van der Waals surface area (Å²) in [5, 5.41) is 19.0. The summed E-state index contributed by atoms with van der Waals surface area (Å²) in [5.74, 6) is -0.257. The van der Waals surface area contributed by atoms with Gasteiger partial charge in [0.25, 0.3) is 0 Å². The molecule has 0 unspecified atom stereocenters. The third-order valence-electron chi connectivity index (χ3n) is 5.01. The Bertz CT molecular complexity index is 787. The molecule has 1 aromatic heterocycles. The molecule has 1 aliphatic carbocycles. The number of amides is 1. The molecule has 27 heavy (non-hydrogen) atoms. The summed E-state index contributed by atoms with van der Waals surface area (Å²) < 4.78 is 0. The van der Waals surface area contributed by atoms with Crippen molar-refractivity contribution in [2.75, 3.05) is 22.2 Å². The van der Waals surface area contributed by atoms with Crippen molar-refractivity contribution < 1.29 is 14.7 Å². The number of nitrogens with one attached hydrogen (secondary N) is 2. The second-order valence-electron chi connectivity index (χ2n) is 6.81. The van der Waals surface area contributed by atoms with Crippen LogP contribution in [-0.2, 0) is 9.59 Å². The van der Waals surface area contributed by atoms with E-state index in [0.717, 1.165) is 25.7 Å². The minimum absolute atomic E-state index is 0.0311. The molecule has 144 valence electrons. The van der Waals surface area contributed by atoms with E-state index in [1.807, 2.05) is 6.92 Å². The van der Waals surface area contributed by atoms with Crippen LogP contribution >= 0.6 is 0 Å². The van der Waals surface area contributed by atoms with Gasteiger partial charge in [-0.3, -0.25) is 10.2 Å². The number of rotatable bonds is 6. The summed E-state index contributed by atoms with van der Waals surface area (Å²) in [6.45, 7) is 1.99. The smallest absolute Gasteiger partial charge is 0.353 e. The lowest BCUT2D eigenvalue weighted by Gasteiger charge is -2.40. The van der Waals surface area contributed by atoms with E-state index in [1.165, 1.54) is 12.3 Å². The molecule has 9 nitrogen and oxygen atoms in total. The minimum Gasteiger partial charge on any atom is -0.477 e. The van der Waals surface area contributed by atoms with Crippen LogP contribution in [0.4, 0.5) is 17.5 Å². The third-order valence-corrected chi connectivity index (χ3v) is 5.01. The van der Waals surface area contributed by atoms with Crippen molar-refractivity contribution in [1.29, 1.82) is 5.41 Å². The van der Waals surface area contributed by atoms with Gasteiger partial charge in [0.05, 0.1) is 6.20 Å². The van der Waals surface area contributed by atoms with Gasteiger partial charge in [-0.15, -0.1) is 0 Å². The number of hydrogen-bond donors (Lipinski definition) is 3. The van der Waals surface area contributed by atoms with Gasteiger partial charge < -0.3 is 20.2 Å². The van der Waals surface area contributed by atoms with Crippen molar-refractivity contribution in [2.24, 2.45) is 0 Å². The number of fused-ring (bicyclic) bond motifs is 1. The van der Waals surface area contributed by atoms with Crippen LogP contribution in [0.3, 0.4) is 0 Å². The highest BCUT2D eigenvalue weighted by Crippen LogP contribution is 2.37.